The fraction of sp³-hybridized carbons (Fsp3) is 0.381. The molecule has 0 radical (unpaired) electrons. The fourth-order valence-electron chi connectivity index (χ4n) is 3.26. The number of amides is 1. The summed E-state index contributed by atoms with van der Waals surface area (Å²) in [4.78, 5) is 12.1. The van der Waals surface area contributed by atoms with Crippen LogP contribution in [0, 0.1) is 0 Å². The van der Waals surface area contributed by atoms with Gasteiger partial charge in [0.15, 0.2) is 0 Å². The van der Waals surface area contributed by atoms with Gasteiger partial charge in [-0.1, -0.05) is 82.3 Å². The average molecular weight is 358 g/mol. The minimum Gasteiger partial charge on any atom is -0.352 e. The maximum atomic E-state index is 15.5. The molecule has 0 atom stereocenters. The fourth-order valence-corrected chi connectivity index (χ4v) is 6.60. The number of hydrogen-bond donors (Lipinski definition) is 1. The van der Waals surface area contributed by atoms with E-state index in [1.807, 2.05) is 82.3 Å². The van der Waals surface area contributed by atoms with Crippen molar-refractivity contribution in [3.63, 3.8) is 0 Å². The van der Waals surface area contributed by atoms with E-state index in [0.29, 0.717) is 13.0 Å². The van der Waals surface area contributed by atoms with Crippen molar-refractivity contribution in [2.75, 3.05) is 0 Å². The highest BCUT2D eigenvalue weighted by molar-refractivity contribution is 6.88. The van der Waals surface area contributed by atoms with Gasteiger partial charge in [-0.3, -0.25) is 4.79 Å². The molecule has 2 nitrogen and oxygen atoms in total. The summed E-state index contributed by atoms with van der Waals surface area (Å²) in [6, 6.07) is 17.4. The Hall–Kier alpha value is -1.94. The molecule has 25 heavy (non-hydrogen) atoms. The summed E-state index contributed by atoms with van der Waals surface area (Å²) in [6.07, 6.45) is 0.317. The van der Waals surface area contributed by atoms with Gasteiger partial charge in [0.1, 0.15) is 0 Å². The molecule has 2 aromatic carbocycles. The van der Waals surface area contributed by atoms with Crippen molar-refractivity contribution in [1.82, 2.24) is 5.32 Å². The summed E-state index contributed by atoms with van der Waals surface area (Å²) in [5.41, 5.74) is 2.06. The van der Waals surface area contributed by atoms with Crippen molar-refractivity contribution in [2.24, 2.45) is 0 Å². The Labute approximate surface area is 151 Å². The van der Waals surface area contributed by atoms with Crippen LogP contribution < -0.4 is 10.5 Å². The number of benzene rings is 2. The molecule has 0 saturated carbocycles. The van der Waals surface area contributed by atoms with E-state index in [4.69, 9.17) is 0 Å². The van der Waals surface area contributed by atoms with Crippen LogP contribution in [0.2, 0.25) is 11.1 Å². The quantitative estimate of drug-likeness (QED) is 0.574. The summed E-state index contributed by atoms with van der Waals surface area (Å²) >= 11 is 0. The van der Waals surface area contributed by atoms with Gasteiger partial charge < -0.3 is 9.42 Å². The van der Waals surface area contributed by atoms with E-state index in [9.17, 15) is 4.79 Å². The second kappa shape index (κ2) is 8.43. The summed E-state index contributed by atoms with van der Waals surface area (Å²) < 4.78 is 15.5. The molecule has 0 bridgehead atoms. The zero-order chi connectivity index (χ0) is 18.4. The molecule has 0 aliphatic rings. The van der Waals surface area contributed by atoms with Crippen molar-refractivity contribution in [3.05, 3.63) is 65.7 Å². The molecule has 0 aliphatic heterocycles. The molecular weight excluding hydrogens is 329 g/mol. The summed E-state index contributed by atoms with van der Waals surface area (Å²) in [5.74, 6) is -0.0203. The normalized spacial score (nSPS) is 11.8. The molecule has 1 N–H and O–H groups in total. The third kappa shape index (κ3) is 4.79. The van der Waals surface area contributed by atoms with Gasteiger partial charge in [-0.15, -0.1) is 0 Å². The lowest BCUT2D eigenvalue weighted by molar-refractivity contribution is -0.120. The van der Waals surface area contributed by atoms with Gasteiger partial charge in [-0.05, 0) is 27.4 Å². The van der Waals surface area contributed by atoms with Crippen LogP contribution in [-0.4, -0.2) is 14.3 Å². The zero-order valence-electron chi connectivity index (χ0n) is 15.6. The number of carbonyl (C=O) groups excluding carboxylic acids is 1. The largest absolute Gasteiger partial charge is 0.352 e. The van der Waals surface area contributed by atoms with E-state index in [1.54, 1.807) is 0 Å². The molecule has 0 aliphatic carbocycles. The Balaban J connectivity index is 1.99. The van der Waals surface area contributed by atoms with Gasteiger partial charge in [0.05, 0.1) is 6.42 Å². The van der Waals surface area contributed by atoms with Gasteiger partial charge in [-0.25, -0.2) is 0 Å². The highest BCUT2D eigenvalue weighted by atomic mass is 28.4. The predicted octanol–water partition coefficient (Wildman–Crippen LogP) is 4.49. The lowest BCUT2D eigenvalue weighted by atomic mass is 10.1. The van der Waals surface area contributed by atoms with E-state index in [-0.39, 0.29) is 17.0 Å². The van der Waals surface area contributed by atoms with Crippen LogP contribution in [0.25, 0.3) is 0 Å². The SMILES string of the molecule is CC(C)[Si](F)(c1ccc(CC(=O)NCc2ccccc2)cc1)C(C)C. The van der Waals surface area contributed by atoms with Crippen LogP contribution in [0.1, 0.15) is 38.8 Å². The Kier molecular flexibility index (Phi) is 6.54. The molecule has 0 spiro atoms. The van der Waals surface area contributed by atoms with Crippen molar-refractivity contribution in [2.45, 2.75) is 51.7 Å². The van der Waals surface area contributed by atoms with Crippen LogP contribution in [0.3, 0.4) is 0 Å². The van der Waals surface area contributed by atoms with Crippen molar-refractivity contribution in [1.29, 1.82) is 0 Å². The van der Waals surface area contributed by atoms with E-state index >= 15 is 4.11 Å². The van der Waals surface area contributed by atoms with E-state index in [2.05, 4.69) is 5.32 Å². The smallest absolute Gasteiger partial charge is 0.282 e. The first kappa shape index (κ1) is 19.4. The van der Waals surface area contributed by atoms with Crippen molar-refractivity contribution >= 4 is 19.5 Å². The molecule has 0 fully saturated rings. The van der Waals surface area contributed by atoms with Crippen molar-refractivity contribution in [3.8, 4) is 0 Å². The Morgan fingerprint density at radius 2 is 1.48 bits per heavy atom. The predicted molar refractivity (Wildman–Crippen MR) is 105 cm³/mol. The number of rotatable bonds is 7. The molecular formula is C21H28FNOSi. The molecule has 0 saturated heterocycles. The highest BCUT2D eigenvalue weighted by Crippen LogP contribution is 2.33. The lowest BCUT2D eigenvalue weighted by Crippen LogP contribution is -2.49. The maximum Gasteiger partial charge on any atom is 0.282 e. The van der Waals surface area contributed by atoms with Crippen molar-refractivity contribution < 1.29 is 8.90 Å². The number of nitrogens with one attached hydrogen (secondary N) is 1. The van der Waals surface area contributed by atoms with E-state index in [1.165, 1.54) is 0 Å². The lowest BCUT2D eigenvalue weighted by Gasteiger charge is -2.30. The molecule has 0 aromatic heterocycles. The van der Waals surface area contributed by atoms with E-state index in [0.717, 1.165) is 16.3 Å². The Morgan fingerprint density at radius 1 is 0.920 bits per heavy atom. The minimum absolute atomic E-state index is 0.0203. The van der Waals surface area contributed by atoms with Gasteiger partial charge in [-0.2, -0.15) is 0 Å². The third-order valence-corrected chi connectivity index (χ3v) is 9.35. The first-order valence-corrected chi connectivity index (χ1v) is 11.0. The number of hydrogen-bond acceptors (Lipinski definition) is 1. The second-order valence-electron chi connectivity index (χ2n) is 7.21. The highest BCUT2D eigenvalue weighted by Gasteiger charge is 2.43. The zero-order valence-corrected chi connectivity index (χ0v) is 16.6. The summed E-state index contributed by atoms with van der Waals surface area (Å²) in [5, 5.41) is 3.75. The standard InChI is InChI=1S/C21H28FNOSi/c1-16(2)25(22,17(3)4)20-12-10-18(11-13-20)14-21(24)23-15-19-8-6-5-7-9-19/h5-13,16-17H,14-15H2,1-4H3,(H,23,24). The minimum atomic E-state index is -3.00. The first-order valence-electron chi connectivity index (χ1n) is 8.93. The molecule has 134 valence electrons. The number of halogens is 1. The summed E-state index contributed by atoms with van der Waals surface area (Å²) in [7, 11) is -3.00. The monoisotopic (exact) mass is 357 g/mol. The van der Waals surface area contributed by atoms with E-state index < -0.39 is 8.41 Å². The van der Waals surface area contributed by atoms with Crippen LogP contribution in [0.4, 0.5) is 4.11 Å². The van der Waals surface area contributed by atoms with Gasteiger partial charge in [0.25, 0.3) is 8.41 Å². The van der Waals surface area contributed by atoms with Crippen LogP contribution in [0.15, 0.2) is 54.6 Å². The first-order chi connectivity index (χ1) is 11.8. The Morgan fingerprint density at radius 3 is 2.00 bits per heavy atom. The second-order valence-corrected chi connectivity index (χ2v) is 11.6. The molecule has 2 rings (SSSR count). The van der Waals surface area contributed by atoms with Crippen LogP contribution in [0.5, 0.6) is 0 Å². The van der Waals surface area contributed by atoms with Gasteiger partial charge in [0.2, 0.25) is 5.91 Å². The molecule has 1 amide bonds. The Bertz CT molecular complexity index is 675. The average Bonchev–Trinajstić information content (AvgIpc) is 2.60. The van der Waals surface area contributed by atoms with Gasteiger partial charge >= 0.3 is 0 Å². The topological polar surface area (TPSA) is 29.1 Å². The van der Waals surface area contributed by atoms with Crippen LogP contribution in [-0.2, 0) is 17.8 Å². The third-order valence-electron chi connectivity index (χ3n) is 4.77. The maximum absolute atomic E-state index is 15.5. The molecule has 0 heterocycles. The molecule has 0 unspecified atom stereocenters. The number of carbonyl (C=O) groups is 1. The molecule has 4 heteroatoms. The van der Waals surface area contributed by atoms with Gasteiger partial charge in [0, 0.05) is 6.54 Å². The van der Waals surface area contributed by atoms with Crippen LogP contribution >= 0.6 is 0 Å². The molecule has 2 aromatic rings. The summed E-state index contributed by atoms with van der Waals surface area (Å²) in [6.45, 7) is 8.40.